The van der Waals surface area contributed by atoms with Gasteiger partial charge in [0.2, 0.25) is 0 Å². The van der Waals surface area contributed by atoms with E-state index in [4.69, 9.17) is 0 Å². The second kappa shape index (κ2) is 5.00. The number of halogens is 4. The van der Waals surface area contributed by atoms with Crippen LogP contribution in [0, 0.1) is 17.7 Å². The summed E-state index contributed by atoms with van der Waals surface area (Å²) in [6.45, 7) is 4.06. The van der Waals surface area contributed by atoms with E-state index in [0.29, 0.717) is 30.0 Å². The molecule has 110 valence electrons. The van der Waals surface area contributed by atoms with Crippen LogP contribution in [0.2, 0.25) is 0 Å². The smallest absolute Gasteiger partial charge is 0.316 e. The first-order chi connectivity index (χ1) is 9.41. The molecule has 3 rings (SSSR count). The van der Waals surface area contributed by atoms with Crippen molar-refractivity contribution in [3.63, 3.8) is 0 Å². The second-order valence-corrected chi connectivity index (χ2v) is 5.72. The number of nitrogens with zero attached hydrogens (tertiary/aromatic N) is 1. The summed E-state index contributed by atoms with van der Waals surface area (Å²) in [5, 5.41) is 3.31. The van der Waals surface area contributed by atoms with Crippen LogP contribution in [0.15, 0.2) is 18.2 Å². The van der Waals surface area contributed by atoms with Gasteiger partial charge in [0, 0.05) is 19.6 Å². The number of hydrogen-bond donors (Lipinski definition) is 1. The maximum absolute atomic E-state index is 13.3. The SMILES string of the molecule is Fc1cc(CN2C[C@H]3CNC[C@H]3C2)cc(C(F)(F)F)c1. The monoisotopic (exact) mass is 288 g/mol. The third-order valence-electron chi connectivity index (χ3n) is 4.16. The maximum Gasteiger partial charge on any atom is 0.416 e. The minimum absolute atomic E-state index is 0.383. The molecule has 2 aliphatic heterocycles. The van der Waals surface area contributed by atoms with Crippen molar-refractivity contribution in [2.24, 2.45) is 11.8 Å². The highest BCUT2D eigenvalue weighted by molar-refractivity contribution is 5.27. The van der Waals surface area contributed by atoms with E-state index in [0.717, 1.165) is 32.2 Å². The molecule has 1 aromatic carbocycles. The summed E-state index contributed by atoms with van der Waals surface area (Å²) in [6, 6.07) is 2.79. The van der Waals surface area contributed by atoms with Gasteiger partial charge in [0.25, 0.3) is 0 Å². The molecule has 6 heteroatoms. The molecule has 1 N–H and O–H groups in total. The number of hydrogen-bond acceptors (Lipinski definition) is 2. The Labute approximate surface area is 114 Å². The molecule has 1 aromatic rings. The van der Waals surface area contributed by atoms with Crippen LogP contribution < -0.4 is 5.32 Å². The van der Waals surface area contributed by atoms with Crippen LogP contribution in [0.1, 0.15) is 11.1 Å². The van der Waals surface area contributed by atoms with Gasteiger partial charge in [-0.1, -0.05) is 0 Å². The van der Waals surface area contributed by atoms with Crippen LogP contribution in [-0.2, 0) is 12.7 Å². The normalized spacial score (nSPS) is 27.0. The molecular weight excluding hydrogens is 272 g/mol. The van der Waals surface area contributed by atoms with Gasteiger partial charge in [0.05, 0.1) is 5.56 Å². The minimum Gasteiger partial charge on any atom is -0.316 e. The summed E-state index contributed by atoms with van der Waals surface area (Å²) >= 11 is 0. The van der Waals surface area contributed by atoms with Gasteiger partial charge < -0.3 is 5.32 Å². The van der Waals surface area contributed by atoms with E-state index < -0.39 is 17.6 Å². The molecule has 2 fully saturated rings. The minimum atomic E-state index is -4.50. The number of fused-ring (bicyclic) bond motifs is 1. The Kier molecular flexibility index (Phi) is 3.46. The fourth-order valence-corrected chi connectivity index (χ4v) is 3.25. The number of rotatable bonds is 2. The summed E-state index contributed by atoms with van der Waals surface area (Å²) in [4.78, 5) is 2.12. The van der Waals surface area contributed by atoms with Gasteiger partial charge in [-0.2, -0.15) is 13.2 Å². The first-order valence-corrected chi connectivity index (χ1v) is 6.71. The molecule has 0 aliphatic carbocycles. The van der Waals surface area contributed by atoms with Crippen molar-refractivity contribution < 1.29 is 17.6 Å². The Morgan fingerprint density at radius 3 is 2.35 bits per heavy atom. The van der Waals surface area contributed by atoms with Crippen molar-refractivity contribution in [3.8, 4) is 0 Å². The zero-order valence-corrected chi connectivity index (χ0v) is 10.9. The lowest BCUT2D eigenvalue weighted by molar-refractivity contribution is -0.137. The van der Waals surface area contributed by atoms with Gasteiger partial charge in [-0.25, -0.2) is 4.39 Å². The molecule has 0 amide bonds. The van der Waals surface area contributed by atoms with E-state index in [9.17, 15) is 17.6 Å². The Bertz CT molecular complexity index is 488. The van der Waals surface area contributed by atoms with Crippen molar-refractivity contribution in [1.82, 2.24) is 10.2 Å². The average Bonchev–Trinajstić information content (AvgIpc) is 2.87. The summed E-state index contributed by atoms with van der Waals surface area (Å²) < 4.78 is 51.3. The first-order valence-electron chi connectivity index (χ1n) is 6.71. The Hall–Kier alpha value is -1.14. The quantitative estimate of drug-likeness (QED) is 0.841. The predicted octanol–water partition coefficient (Wildman–Crippen LogP) is 2.50. The van der Waals surface area contributed by atoms with Crippen LogP contribution in [0.25, 0.3) is 0 Å². The Balaban J connectivity index is 1.73. The number of likely N-dealkylation sites (tertiary alicyclic amines) is 1. The standard InChI is InChI=1S/C14H16F4N2/c15-13-2-9(1-12(3-13)14(16,17)18)6-20-7-10-4-19-5-11(10)8-20/h1-3,10-11,19H,4-8H2/t10-,11+. The third kappa shape index (κ3) is 2.81. The van der Waals surface area contributed by atoms with Gasteiger partial charge in [-0.15, -0.1) is 0 Å². The molecule has 0 radical (unpaired) electrons. The fourth-order valence-electron chi connectivity index (χ4n) is 3.25. The van der Waals surface area contributed by atoms with Crippen molar-refractivity contribution >= 4 is 0 Å². The summed E-state index contributed by atoms with van der Waals surface area (Å²) in [5.74, 6) is 0.326. The fraction of sp³-hybridized carbons (Fsp3) is 0.571. The lowest BCUT2D eigenvalue weighted by Gasteiger charge is -2.18. The van der Waals surface area contributed by atoms with Gasteiger partial charge in [-0.3, -0.25) is 4.90 Å². The van der Waals surface area contributed by atoms with Crippen molar-refractivity contribution in [1.29, 1.82) is 0 Å². The van der Waals surface area contributed by atoms with E-state index >= 15 is 0 Å². The van der Waals surface area contributed by atoms with Crippen LogP contribution in [0.3, 0.4) is 0 Å². The maximum atomic E-state index is 13.3. The highest BCUT2D eigenvalue weighted by Gasteiger charge is 2.36. The molecule has 2 aliphatic rings. The van der Waals surface area contributed by atoms with E-state index in [1.165, 1.54) is 6.07 Å². The predicted molar refractivity (Wildman–Crippen MR) is 66.5 cm³/mol. The van der Waals surface area contributed by atoms with E-state index in [1.54, 1.807) is 0 Å². The van der Waals surface area contributed by atoms with Gasteiger partial charge in [-0.05, 0) is 48.7 Å². The van der Waals surface area contributed by atoms with Crippen molar-refractivity contribution in [2.45, 2.75) is 12.7 Å². The highest BCUT2D eigenvalue weighted by Crippen LogP contribution is 2.32. The van der Waals surface area contributed by atoms with E-state index in [1.807, 2.05) is 0 Å². The van der Waals surface area contributed by atoms with Crippen molar-refractivity contribution in [3.05, 3.63) is 35.1 Å². The molecule has 20 heavy (non-hydrogen) atoms. The molecule has 2 atom stereocenters. The van der Waals surface area contributed by atoms with Crippen LogP contribution >= 0.6 is 0 Å². The second-order valence-electron chi connectivity index (χ2n) is 5.72. The zero-order valence-electron chi connectivity index (χ0n) is 10.9. The average molecular weight is 288 g/mol. The van der Waals surface area contributed by atoms with Gasteiger partial charge in [0.1, 0.15) is 5.82 Å². The van der Waals surface area contributed by atoms with E-state index in [2.05, 4.69) is 10.2 Å². The highest BCUT2D eigenvalue weighted by atomic mass is 19.4. The lowest BCUT2D eigenvalue weighted by atomic mass is 10.0. The van der Waals surface area contributed by atoms with Crippen molar-refractivity contribution in [2.75, 3.05) is 26.2 Å². The number of nitrogens with one attached hydrogen (secondary N) is 1. The zero-order chi connectivity index (χ0) is 14.3. The molecule has 2 saturated heterocycles. The van der Waals surface area contributed by atoms with Crippen LogP contribution in [0.5, 0.6) is 0 Å². The van der Waals surface area contributed by atoms with E-state index in [-0.39, 0.29) is 0 Å². The first kappa shape index (κ1) is 13.8. The van der Waals surface area contributed by atoms with Crippen LogP contribution in [0.4, 0.5) is 17.6 Å². The molecule has 0 bridgehead atoms. The molecule has 0 spiro atoms. The Morgan fingerprint density at radius 1 is 1.10 bits per heavy atom. The molecule has 0 unspecified atom stereocenters. The lowest BCUT2D eigenvalue weighted by Crippen LogP contribution is -2.25. The largest absolute Gasteiger partial charge is 0.416 e. The number of benzene rings is 1. The summed E-state index contributed by atoms with van der Waals surface area (Å²) in [5.41, 5.74) is -0.515. The molecule has 2 heterocycles. The summed E-state index contributed by atoms with van der Waals surface area (Å²) in [6.07, 6.45) is -4.50. The Morgan fingerprint density at radius 2 is 1.75 bits per heavy atom. The molecule has 2 nitrogen and oxygen atoms in total. The van der Waals surface area contributed by atoms with Gasteiger partial charge >= 0.3 is 6.18 Å². The topological polar surface area (TPSA) is 15.3 Å². The number of alkyl halides is 3. The molecule has 0 saturated carbocycles. The molecule has 0 aromatic heterocycles. The molecular formula is C14H16F4N2. The van der Waals surface area contributed by atoms with Gasteiger partial charge in [0.15, 0.2) is 0 Å². The van der Waals surface area contributed by atoms with Crippen LogP contribution in [-0.4, -0.2) is 31.1 Å². The summed E-state index contributed by atoms with van der Waals surface area (Å²) in [7, 11) is 0. The third-order valence-corrected chi connectivity index (χ3v) is 4.16.